The van der Waals surface area contributed by atoms with Crippen LogP contribution in [0.15, 0.2) is 0 Å². The molecular weight excluding hydrogens is 174 g/mol. The lowest BCUT2D eigenvalue weighted by Crippen LogP contribution is -2.54. The predicted octanol–water partition coefficient (Wildman–Crippen LogP) is -0.413. The number of fused-ring (bicyclic) bond motifs is 1. The highest BCUT2D eigenvalue weighted by Gasteiger charge is 2.44. The zero-order chi connectivity index (χ0) is 9.42. The first-order valence-electron chi connectivity index (χ1n) is 4.38. The van der Waals surface area contributed by atoms with Crippen molar-refractivity contribution < 1.29 is 19.4 Å². The summed E-state index contributed by atoms with van der Waals surface area (Å²) in [5.41, 5.74) is 0. The van der Waals surface area contributed by atoms with E-state index in [9.17, 15) is 9.90 Å². The molecule has 2 saturated heterocycles. The van der Waals surface area contributed by atoms with E-state index in [0.717, 1.165) is 0 Å². The van der Waals surface area contributed by atoms with Crippen LogP contribution in [-0.2, 0) is 9.47 Å². The van der Waals surface area contributed by atoms with Gasteiger partial charge in [0, 0.05) is 13.7 Å². The smallest absolute Gasteiger partial charge is 0.410 e. The highest BCUT2D eigenvalue weighted by atomic mass is 16.6. The van der Waals surface area contributed by atoms with Crippen molar-refractivity contribution in [2.75, 3.05) is 20.3 Å². The van der Waals surface area contributed by atoms with Crippen molar-refractivity contribution in [3.8, 4) is 0 Å². The van der Waals surface area contributed by atoms with Crippen LogP contribution in [-0.4, -0.2) is 54.6 Å². The highest BCUT2D eigenvalue weighted by molar-refractivity contribution is 5.70. The average molecular weight is 187 g/mol. The molecule has 0 aromatic rings. The van der Waals surface area contributed by atoms with Crippen molar-refractivity contribution in [3.05, 3.63) is 0 Å². The Labute approximate surface area is 76.2 Å². The van der Waals surface area contributed by atoms with Crippen LogP contribution in [0.3, 0.4) is 0 Å². The lowest BCUT2D eigenvalue weighted by Gasteiger charge is -2.36. The van der Waals surface area contributed by atoms with Crippen molar-refractivity contribution in [1.82, 2.24) is 4.90 Å². The molecular formula is C8H13NO4. The summed E-state index contributed by atoms with van der Waals surface area (Å²) in [7, 11) is 1.57. The van der Waals surface area contributed by atoms with E-state index in [-0.39, 0.29) is 24.8 Å². The zero-order valence-electron chi connectivity index (χ0n) is 7.47. The molecule has 0 aromatic carbocycles. The summed E-state index contributed by atoms with van der Waals surface area (Å²) in [4.78, 5) is 12.7. The molecule has 1 amide bonds. The topological polar surface area (TPSA) is 59.0 Å². The standard InChI is InChI=1S/C8H13NO4/c1-12-6-2-3-9-5(7(6)10)4-13-8(9)11/h5-7,10H,2-4H2,1H3/t5-,6-,7+/m1/s1. The molecule has 0 unspecified atom stereocenters. The molecule has 0 radical (unpaired) electrons. The Balaban J connectivity index is 2.09. The maximum absolute atomic E-state index is 11.1. The van der Waals surface area contributed by atoms with Crippen molar-refractivity contribution in [1.29, 1.82) is 0 Å². The zero-order valence-corrected chi connectivity index (χ0v) is 7.47. The number of hydrogen-bond acceptors (Lipinski definition) is 4. The molecule has 13 heavy (non-hydrogen) atoms. The van der Waals surface area contributed by atoms with Crippen LogP contribution in [0.25, 0.3) is 0 Å². The fourth-order valence-electron chi connectivity index (χ4n) is 1.95. The van der Waals surface area contributed by atoms with Crippen LogP contribution >= 0.6 is 0 Å². The van der Waals surface area contributed by atoms with Gasteiger partial charge in [0.15, 0.2) is 0 Å². The van der Waals surface area contributed by atoms with E-state index in [2.05, 4.69) is 0 Å². The van der Waals surface area contributed by atoms with Gasteiger partial charge in [0.25, 0.3) is 0 Å². The van der Waals surface area contributed by atoms with Crippen molar-refractivity contribution >= 4 is 6.09 Å². The largest absolute Gasteiger partial charge is 0.447 e. The number of piperidine rings is 1. The second-order valence-electron chi connectivity index (χ2n) is 3.39. The lowest BCUT2D eigenvalue weighted by atomic mass is 9.98. The molecule has 2 fully saturated rings. The second kappa shape index (κ2) is 3.16. The Kier molecular flexibility index (Phi) is 2.13. The van der Waals surface area contributed by atoms with Crippen LogP contribution in [0, 0.1) is 0 Å². The minimum atomic E-state index is -0.620. The number of rotatable bonds is 1. The first-order chi connectivity index (χ1) is 6.24. The molecule has 5 nitrogen and oxygen atoms in total. The quantitative estimate of drug-likeness (QED) is 0.606. The predicted molar refractivity (Wildman–Crippen MR) is 43.3 cm³/mol. The van der Waals surface area contributed by atoms with Gasteiger partial charge in [-0.1, -0.05) is 0 Å². The summed E-state index contributed by atoms with van der Waals surface area (Å²) in [5, 5.41) is 9.76. The Morgan fingerprint density at radius 1 is 1.69 bits per heavy atom. The number of cyclic esters (lactones) is 1. The maximum Gasteiger partial charge on any atom is 0.410 e. The van der Waals surface area contributed by atoms with Crippen molar-refractivity contribution in [3.63, 3.8) is 0 Å². The summed E-state index contributed by atoms with van der Waals surface area (Å²) < 4.78 is 9.94. The number of carbonyl (C=O) groups excluding carboxylic acids is 1. The second-order valence-corrected chi connectivity index (χ2v) is 3.39. The van der Waals surface area contributed by atoms with Crippen LogP contribution in [0.1, 0.15) is 6.42 Å². The normalized spacial score (nSPS) is 38.8. The molecule has 2 aliphatic heterocycles. The van der Waals surface area contributed by atoms with Crippen LogP contribution < -0.4 is 0 Å². The van der Waals surface area contributed by atoms with Gasteiger partial charge in [-0.15, -0.1) is 0 Å². The Morgan fingerprint density at radius 2 is 2.46 bits per heavy atom. The SMILES string of the molecule is CO[C@@H]1CCN2C(=O)OC[C@@H]2[C@@H]1O. The lowest BCUT2D eigenvalue weighted by molar-refractivity contribution is -0.0722. The number of aliphatic hydroxyl groups excluding tert-OH is 1. The molecule has 3 atom stereocenters. The van der Waals surface area contributed by atoms with Crippen LogP contribution in [0.4, 0.5) is 4.79 Å². The molecule has 2 heterocycles. The van der Waals surface area contributed by atoms with Gasteiger partial charge in [0.1, 0.15) is 12.7 Å². The van der Waals surface area contributed by atoms with Gasteiger partial charge in [-0.3, -0.25) is 4.90 Å². The minimum Gasteiger partial charge on any atom is -0.447 e. The number of methoxy groups -OCH3 is 1. The molecule has 0 aliphatic carbocycles. The molecule has 5 heteroatoms. The minimum absolute atomic E-state index is 0.171. The number of amides is 1. The molecule has 2 rings (SSSR count). The van der Waals surface area contributed by atoms with Crippen molar-refractivity contribution in [2.45, 2.75) is 24.7 Å². The van der Waals surface area contributed by atoms with Crippen LogP contribution in [0.2, 0.25) is 0 Å². The van der Waals surface area contributed by atoms with E-state index in [0.29, 0.717) is 13.0 Å². The number of nitrogens with zero attached hydrogens (tertiary/aromatic N) is 1. The number of hydrogen-bond donors (Lipinski definition) is 1. The molecule has 0 saturated carbocycles. The maximum atomic E-state index is 11.1. The molecule has 0 aromatic heterocycles. The van der Waals surface area contributed by atoms with Gasteiger partial charge >= 0.3 is 6.09 Å². The van der Waals surface area contributed by atoms with Gasteiger partial charge < -0.3 is 14.6 Å². The average Bonchev–Trinajstić information content (AvgIpc) is 2.50. The van der Waals surface area contributed by atoms with E-state index >= 15 is 0 Å². The molecule has 1 N–H and O–H groups in total. The fourth-order valence-corrected chi connectivity index (χ4v) is 1.95. The molecule has 0 bridgehead atoms. The Bertz CT molecular complexity index is 220. The van der Waals surface area contributed by atoms with E-state index in [1.54, 1.807) is 12.0 Å². The monoisotopic (exact) mass is 187 g/mol. The van der Waals surface area contributed by atoms with E-state index in [4.69, 9.17) is 9.47 Å². The third-order valence-electron chi connectivity index (χ3n) is 2.74. The van der Waals surface area contributed by atoms with Gasteiger partial charge in [-0.25, -0.2) is 4.79 Å². The summed E-state index contributed by atoms with van der Waals surface area (Å²) in [6, 6.07) is -0.216. The summed E-state index contributed by atoms with van der Waals surface area (Å²) in [6.07, 6.45) is -0.442. The number of aliphatic hydroxyl groups is 1. The van der Waals surface area contributed by atoms with E-state index in [1.165, 1.54) is 0 Å². The number of ether oxygens (including phenoxy) is 2. The third kappa shape index (κ3) is 1.28. The van der Waals surface area contributed by atoms with E-state index in [1.807, 2.05) is 0 Å². The van der Waals surface area contributed by atoms with E-state index < -0.39 is 6.10 Å². The van der Waals surface area contributed by atoms with Gasteiger partial charge in [-0.05, 0) is 6.42 Å². The van der Waals surface area contributed by atoms with Gasteiger partial charge in [0.05, 0.1) is 12.1 Å². The van der Waals surface area contributed by atoms with Crippen molar-refractivity contribution in [2.24, 2.45) is 0 Å². The highest BCUT2D eigenvalue weighted by Crippen LogP contribution is 2.25. The number of carbonyl (C=O) groups is 1. The Morgan fingerprint density at radius 3 is 3.15 bits per heavy atom. The molecule has 0 spiro atoms. The van der Waals surface area contributed by atoms with Crippen LogP contribution in [0.5, 0.6) is 0 Å². The first-order valence-corrected chi connectivity index (χ1v) is 4.38. The van der Waals surface area contributed by atoms with Gasteiger partial charge in [0.2, 0.25) is 0 Å². The summed E-state index contributed by atoms with van der Waals surface area (Å²) in [5.74, 6) is 0. The summed E-state index contributed by atoms with van der Waals surface area (Å²) >= 11 is 0. The first kappa shape index (κ1) is 8.77. The fraction of sp³-hybridized carbons (Fsp3) is 0.875. The third-order valence-corrected chi connectivity index (χ3v) is 2.74. The van der Waals surface area contributed by atoms with Gasteiger partial charge in [-0.2, -0.15) is 0 Å². The molecule has 2 aliphatic rings. The Hall–Kier alpha value is -0.810. The molecule has 74 valence electrons. The summed E-state index contributed by atoms with van der Waals surface area (Å²) in [6.45, 7) is 0.888.